The number of carboxylic acids is 1. The monoisotopic (exact) mass is 186 g/mol. The van der Waals surface area contributed by atoms with Crippen LogP contribution in [-0.4, -0.2) is 23.7 Å². The maximum Gasteiger partial charge on any atom is 0.330 e. The Labute approximate surface area is 79.1 Å². The average Bonchev–Trinajstić information content (AvgIpc) is 2.12. The van der Waals surface area contributed by atoms with Crippen molar-refractivity contribution in [1.29, 1.82) is 0 Å². The van der Waals surface area contributed by atoms with Crippen LogP contribution in [0.1, 0.15) is 33.6 Å². The first-order valence-electron chi connectivity index (χ1n) is 4.71. The Morgan fingerprint density at radius 3 is 2.31 bits per heavy atom. The van der Waals surface area contributed by atoms with Crippen LogP contribution in [0.4, 0.5) is 0 Å². The van der Waals surface area contributed by atoms with E-state index in [4.69, 9.17) is 5.11 Å². The quantitative estimate of drug-likeness (QED) is 0.647. The first kappa shape index (κ1) is 12.1. The van der Waals surface area contributed by atoms with Gasteiger partial charge in [0.05, 0.1) is 6.54 Å². The number of rotatable bonds is 6. The zero-order valence-corrected chi connectivity index (χ0v) is 8.53. The molecule has 1 unspecified atom stereocenters. The van der Waals surface area contributed by atoms with Crippen LogP contribution in [0.25, 0.3) is 0 Å². The SMILES string of the molecule is CCC(CC)CN=NC(C)C(=O)O. The van der Waals surface area contributed by atoms with Crippen LogP contribution in [0.3, 0.4) is 0 Å². The van der Waals surface area contributed by atoms with Crippen molar-refractivity contribution in [3.63, 3.8) is 0 Å². The molecule has 0 amide bonds. The van der Waals surface area contributed by atoms with Crippen molar-refractivity contribution < 1.29 is 9.90 Å². The molecule has 0 radical (unpaired) electrons. The van der Waals surface area contributed by atoms with Crippen molar-refractivity contribution in [2.75, 3.05) is 6.54 Å². The van der Waals surface area contributed by atoms with Gasteiger partial charge in [-0.3, -0.25) is 0 Å². The lowest BCUT2D eigenvalue weighted by molar-refractivity contribution is -0.138. The molecule has 0 aromatic carbocycles. The van der Waals surface area contributed by atoms with Crippen molar-refractivity contribution in [2.45, 2.75) is 39.7 Å². The fraction of sp³-hybridized carbons (Fsp3) is 0.889. The normalized spacial score (nSPS) is 13.8. The van der Waals surface area contributed by atoms with Gasteiger partial charge in [0.25, 0.3) is 0 Å². The molecule has 0 spiro atoms. The summed E-state index contributed by atoms with van der Waals surface area (Å²) in [7, 11) is 0. The lowest BCUT2D eigenvalue weighted by atomic mass is 10.0. The summed E-state index contributed by atoms with van der Waals surface area (Å²) in [5.41, 5.74) is 0. The minimum absolute atomic E-state index is 0.532. The lowest BCUT2D eigenvalue weighted by Gasteiger charge is -2.06. The number of hydrogen-bond acceptors (Lipinski definition) is 3. The number of azo groups is 1. The van der Waals surface area contributed by atoms with Gasteiger partial charge in [0.2, 0.25) is 0 Å². The lowest BCUT2D eigenvalue weighted by Crippen LogP contribution is -2.12. The molecular formula is C9H18N2O2. The standard InChI is InChI=1S/C9H18N2O2/c1-4-8(5-2)6-10-11-7(3)9(12)13/h7-8H,4-6H2,1-3H3,(H,12,13). The van der Waals surface area contributed by atoms with Gasteiger partial charge in [0.15, 0.2) is 6.04 Å². The molecule has 0 aliphatic heterocycles. The van der Waals surface area contributed by atoms with Gasteiger partial charge >= 0.3 is 5.97 Å². The Morgan fingerprint density at radius 2 is 1.92 bits per heavy atom. The van der Waals surface area contributed by atoms with E-state index in [0.717, 1.165) is 12.8 Å². The number of carbonyl (C=O) groups is 1. The second-order valence-corrected chi connectivity index (χ2v) is 3.14. The van der Waals surface area contributed by atoms with E-state index >= 15 is 0 Å². The molecule has 0 fully saturated rings. The van der Waals surface area contributed by atoms with Crippen LogP contribution in [0.15, 0.2) is 10.2 Å². The Balaban J connectivity index is 3.79. The molecule has 4 nitrogen and oxygen atoms in total. The molecule has 76 valence electrons. The summed E-state index contributed by atoms with van der Waals surface area (Å²) < 4.78 is 0. The van der Waals surface area contributed by atoms with E-state index in [0.29, 0.717) is 12.5 Å². The van der Waals surface area contributed by atoms with Crippen LogP contribution in [0.5, 0.6) is 0 Å². The van der Waals surface area contributed by atoms with Crippen molar-refractivity contribution in [3.8, 4) is 0 Å². The number of carboxylic acid groups (broad SMARTS) is 1. The molecule has 1 atom stereocenters. The fourth-order valence-electron chi connectivity index (χ4n) is 0.881. The first-order valence-corrected chi connectivity index (χ1v) is 4.71. The molecule has 13 heavy (non-hydrogen) atoms. The first-order chi connectivity index (χ1) is 6.11. The van der Waals surface area contributed by atoms with E-state index in [1.165, 1.54) is 6.92 Å². The molecule has 0 saturated carbocycles. The maximum absolute atomic E-state index is 10.4. The molecule has 0 aliphatic carbocycles. The summed E-state index contributed by atoms with van der Waals surface area (Å²) >= 11 is 0. The molecule has 0 saturated heterocycles. The highest BCUT2D eigenvalue weighted by molar-refractivity contribution is 5.72. The highest BCUT2D eigenvalue weighted by atomic mass is 16.4. The molecule has 0 bridgehead atoms. The minimum atomic E-state index is -0.923. The fourth-order valence-corrected chi connectivity index (χ4v) is 0.881. The number of nitrogens with zero attached hydrogens (tertiary/aromatic N) is 2. The van der Waals surface area contributed by atoms with E-state index < -0.39 is 12.0 Å². The van der Waals surface area contributed by atoms with Crippen molar-refractivity contribution in [2.24, 2.45) is 16.1 Å². The molecular weight excluding hydrogens is 168 g/mol. The predicted octanol–water partition coefficient (Wildman–Crippen LogP) is 2.35. The predicted molar refractivity (Wildman–Crippen MR) is 50.9 cm³/mol. The van der Waals surface area contributed by atoms with Crippen molar-refractivity contribution in [1.82, 2.24) is 0 Å². The minimum Gasteiger partial charge on any atom is -0.480 e. The summed E-state index contributed by atoms with van der Waals surface area (Å²) in [6, 6.07) is -0.714. The zero-order chi connectivity index (χ0) is 10.3. The van der Waals surface area contributed by atoms with Crippen molar-refractivity contribution >= 4 is 5.97 Å². The van der Waals surface area contributed by atoms with Gasteiger partial charge in [-0.1, -0.05) is 26.7 Å². The van der Waals surface area contributed by atoms with Gasteiger partial charge in [-0.05, 0) is 12.8 Å². The van der Waals surface area contributed by atoms with Crippen LogP contribution >= 0.6 is 0 Å². The van der Waals surface area contributed by atoms with Gasteiger partial charge in [-0.2, -0.15) is 10.2 Å². The van der Waals surface area contributed by atoms with Gasteiger partial charge in [-0.25, -0.2) is 4.79 Å². The third-order valence-electron chi connectivity index (χ3n) is 2.11. The summed E-state index contributed by atoms with van der Waals surface area (Å²) in [4.78, 5) is 10.4. The third kappa shape index (κ3) is 5.33. The highest BCUT2D eigenvalue weighted by Crippen LogP contribution is 2.07. The molecule has 0 aliphatic rings. The molecule has 0 aromatic heterocycles. The largest absolute Gasteiger partial charge is 0.480 e. The van der Waals surface area contributed by atoms with Crippen LogP contribution in [0.2, 0.25) is 0 Å². The number of hydrogen-bond donors (Lipinski definition) is 1. The van der Waals surface area contributed by atoms with E-state index in [1.54, 1.807) is 0 Å². The number of aliphatic carboxylic acids is 1. The Kier molecular flexibility index (Phi) is 6.10. The van der Waals surface area contributed by atoms with E-state index in [1.807, 2.05) is 0 Å². The summed E-state index contributed by atoms with van der Waals surface area (Å²) in [5, 5.41) is 16.1. The highest BCUT2D eigenvalue weighted by Gasteiger charge is 2.08. The third-order valence-corrected chi connectivity index (χ3v) is 2.11. The van der Waals surface area contributed by atoms with Gasteiger partial charge < -0.3 is 5.11 Å². The Bertz CT molecular complexity index is 176. The molecule has 0 rings (SSSR count). The molecule has 0 aromatic rings. The molecule has 0 heterocycles. The Morgan fingerprint density at radius 1 is 1.38 bits per heavy atom. The topological polar surface area (TPSA) is 62.0 Å². The zero-order valence-electron chi connectivity index (χ0n) is 8.53. The van der Waals surface area contributed by atoms with Gasteiger partial charge in [0, 0.05) is 0 Å². The van der Waals surface area contributed by atoms with E-state index in [2.05, 4.69) is 24.1 Å². The van der Waals surface area contributed by atoms with Crippen LogP contribution in [0, 0.1) is 5.92 Å². The summed E-state index contributed by atoms with van der Waals surface area (Å²) in [6.07, 6.45) is 2.13. The maximum atomic E-state index is 10.4. The summed E-state index contributed by atoms with van der Waals surface area (Å²) in [5.74, 6) is -0.391. The van der Waals surface area contributed by atoms with Gasteiger partial charge in [0.1, 0.15) is 0 Å². The molecule has 4 heteroatoms. The molecule has 1 N–H and O–H groups in total. The van der Waals surface area contributed by atoms with E-state index in [9.17, 15) is 4.79 Å². The smallest absolute Gasteiger partial charge is 0.330 e. The van der Waals surface area contributed by atoms with Gasteiger partial charge in [-0.15, -0.1) is 0 Å². The van der Waals surface area contributed by atoms with Crippen LogP contribution in [-0.2, 0) is 4.79 Å². The second-order valence-electron chi connectivity index (χ2n) is 3.14. The summed E-state index contributed by atoms with van der Waals surface area (Å²) in [6.45, 7) is 6.37. The second kappa shape index (κ2) is 6.57. The Hall–Kier alpha value is -0.930. The van der Waals surface area contributed by atoms with Crippen molar-refractivity contribution in [3.05, 3.63) is 0 Å². The van der Waals surface area contributed by atoms with E-state index in [-0.39, 0.29) is 0 Å². The van der Waals surface area contributed by atoms with Crippen LogP contribution < -0.4 is 0 Å². The average molecular weight is 186 g/mol.